The lowest BCUT2D eigenvalue weighted by molar-refractivity contribution is 0.776. The molecule has 20 heavy (non-hydrogen) atoms. The van der Waals surface area contributed by atoms with E-state index in [4.69, 9.17) is 28.9 Å². The predicted molar refractivity (Wildman–Crippen MR) is 85.0 cm³/mol. The van der Waals surface area contributed by atoms with Gasteiger partial charge in [0.15, 0.2) is 0 Å². The van der Waals surface area contributed by atoms with Crippen molar-refractivity contribution < 1.29 is 0 Å². The van der Waals surface area contributed by atoms with Crippen LogP contribution < -0.4 is 11.1 Å². The second-order valence-corrected chi connectivity index (χ2v) is 5.61. The van der Waals surface area contributed by atoms with Gasteiger partial charge < -0.3 is 11.1 Å². The number of nitrogens with one attached hydrogen (secondary N) is 1. The summed E-state index contributed by atoms with van der Waals surface area (Å²) in [6.07, 6.45) is 0. The monoisotopic (exact) mass is 310 g/mol. The van der Waals surface area contributed by atoms with Gasteiger partial charge >= 0.3 is 0 Å². The Balaban J connectivity index is 2.45. The van der Waals surface area contributed by atoms with Gasteiger partial charge in [-0.25, -0.2) is 9.97 Å². The molecule has 6 heteroatoms. The van der Waals surface area contributed by atoms with Crippen LogP contribution in [0.4, 0.5) is 17.3 Å². The Morgan fingerprint density at radius 2 is 1.90 bits per heavy atom. The van der Waals surface area contributed by atoms with Crippen molar-refractivity contribution in [3.05, 3.63) is 39.6 Å². The lowest BCUT2D eigenvalue weighted by atomic mass is 10.2. The molecule has 0 saturated carbocycles. The van der Waals surface area contributed by atoms with Gasteiger partial charge in [0.25, 0.3) is 0 Å². The Kier molecular flexibility index (Phi) is 4.35. The maximum atomic E-state index is 6.17. The normalized spacial score (nSPS) is 10.9. The van der Waals surface area contributed by atoms with E-state index in [1.54, 1.807) is 6.07 Å². The van der Waals surface area contributed by atoms with Crippen LogP contribution in [0.3, 0.4) is 0 Å². The van der Waals surface area contributed by atoms with Gasteiger partial charge in [-0.05, 0) is 19.1 Å². The highest BCUT2D eigenvalue weighted by Crippen LogP contribution is 2.32. The van der Waals surface area contributed by atoms with Crippen LogP contribution in [-0.2, 0) is 0 Å². The van der Waals surface area contributed by atoms with Gasteiger partial charge in [-0.1, -0.05) is 43.1 Å². The first-order valence-electron chi connectivity index (χ1n) is 6.25. The maximum absolute atomic E-state index is 6.17. The number of rotatable bonds is 3. The van der Waals surface area contributed by atoms with Crippen LogP contribution in [0.2, 0.25) is 10.0 Å². The highest BCUT2D eigenvalue weighted by molar-refractivity contribution is 6.43. The molecule has 1 heterocycles. The molecule has 0 aliphatic carbocycles. The van der Waals surface area contributed by atoms with Crippen molar-refractivity contribution in [3.8, 4) is 0 Å². The molecule has 1 aromatic heterocycles. The Bertz CT molecular complexity index is 641. The molecule has 0 fully saturated rings. The van der Waals surface area contributed by atoms with Crippen molar-refractivity contribution >= 4 is 40.5 Å². The van der Waals surface area contributed by atoms with Gasteiger partial charge in [0, 0.05) is 11.5 Å². The van der Waals surface area contributed by atoms with Gasteiger partial charge in [0.1, 0.15) is 17.5 Å². The summed E-state index contributed by atoms with van der Waals surface area (Å²) in [5.41, 5.74) is 7.40. The summed E-state index contributed by atoms with van der Waals surface area (Å²) in [4.78, 5) is 8.78. The molecule has 0 amide bonds. The summed E-state index contributed by atoms with van der Waals surface area (Å²) in [5, 5.41) is 4.11. The Hall–Kier alpha value is -1.52. The van der Waals surface area contributed by atoms with Gasteiger partial charge in [-0.15, -0.1) is 0 Å². The van der Waals surface area contributed by atoms with E-state index in [9.17, 15) is 0 Å². The number of nitrogens with two attached hydrogens (primary N) is 1. The van der Waals surface area contributed by atoms with Crippen LogP contribution in [0.25, 0.3) is 0 Å². The molecular formula is C14H16Cl2N4. The lowest BCUT2D eigenvalue weighted by Crippen LogP contribution is -2.08. The van der Waals surface area contributed by atoms with Crippen LogP contribution in [-0.4, -0.2) is 9.97 Å². The summed E-state index contributed by atoms with van der Waals surface area (Å²) in [6, 6.07) is 5.39. The molecule has 2 rings (SSSR count). The van der Waals surface area contributed by atoms with Crippen LogP contribution in [0.15, 0.2) is 18.2 Å². The van der Waals surface area contributed by atoms with Crippen LogP contribution in [0.5, 0.6) is 0 Å². The van der Waals surface area contributed by atoms with Gasteiger partial charge in [0.2, 0.25) is 0 Å². The van der Waals surface area contributed by atoms with Crippen molar-refractivity contribution in [2.75, 3.05) is 11.1 Å². The van der Waals surface area contributed by atoms with E-state index in [1.807, 2.05) is 32.9 Å². The second kappa shape index (κ2) is 5.85. The van der Waals surface area contributed by atoms with Crippen molar-refractivity contribution in [1.82, 2.24) is 9.97 Å². The summed E-state index contributed by atoms with van der Waals surface area (Å²) < 4.78 is 0. The number of halogens is 2. The summed E-state index contributed by atoms with van der Waals surface area (Å²) in [6.45, 7) is 5.89. The maximum Gasteiger partial charge on any atom is 0.139 e. The number of benzene rings is 1. The molecule has 0 bridgehead atoms. The fourth-order valence-corrected chi connectivity index (χ4v) is 2.01. The van der Waals surface area contributed by atoms with E-state index in [0.29, 0.717) is 33.2 Å². The van der Waals surface area contributed by atoms with E-state index in [0.717, 1.165) is 5.56 Å². The molecule has 2 aromatic rings. The van der Waals surface area contributed by atoms with E-state index < -0.39 is 0 Å². The zero-order valence-electron chi connectivity index (χ0n) is 11.5. The molecule has 0 unspecified atom stereocenters. The molecule has 0 saturated heterocycles. The molecule has 0 radical (unpaired) electrons. The zero-order valence-corrected chi connectivity index (χ0v) is 13.0. The topological polar surface area (TPSA) is 63.8 Å². The SMILES string of the molecule is Cc1c(N)nc(C(C)C)nc1Nc1cccc(Cl)c1Cl. The predicted octanol–water partition coefficient (Wildman–Crippen LogP) is 4.54. The lowest BCUT2D eigenvalue weighted by Gasteiger charge is -2.14. The largest absolute Gasteiger partial charge is 0.383 e. The fraction of sp³-hybridized carbons (Fsp3) is 0.286. The van der Waals surface area contributed by atoms with Crippen LogP contribution >= 0.6 is 23.2 Å². The molecule has 106 valence electrons. The van der Waals surface area contributed by atoms with Gasteiger partial charge in [-0.3, -0.25) is 0 Å². The summed E-state index contributed by atoms with van der Waals surface area (Å²) >= 11 is 12.2. The smallest absolute Gasteiger partial charge is 0.139 e. The number of hydrogen-bond donors (Lipinski definition) is 2. The molecule has 0 atom stereocenters. The summed E-state index contributed by atoms with van der Waals surface area (Å²) in [5.74, 6) is 1.98. The Morgan fingerprint density at radius 1 is 1.20 bits per heavy atom. The van der Waals surface area contributed by atoms with E-state index >= 15 is 0 Å². The Labute approximate surface area is 128 Å². The molecule has 0 spiro atoms. The third-order valence-corrected chi connectivity index (χ3v) is 3.74. The van der Waals surface area contributed by atoms with E-state index in [-0.39, 0.29) is 5.92 Å². The molecule has 4 nitrogen and oxygen atoms in total. The quantitative estimate of drug-likeness (QED) is 0.873. The molecular weight excluding hydrogens is 295 g/mol. The van der Waals surface area contributed by atoms with Crippen molar-refractivity contribution in [2.45, 2.75) is 26.7 Å². The standard InChI is InChI=1S/C14H16Cl2N4/c1-7(2)13-19-12(17)8(3)14(20-13)18-10-6-4-5-9(15)11(10)16/h4-7H,1-3H3,(H3,17,18,19,20). The number of anilines is 3. The first-order chi connectivity index (χ1) is 9.40. The summed E-state index contributed by atoms with van der Waals surface area (Å²) in [7, 11) is 0. The fourth-order valence-electron chi connectivity index (χ4n) is 1.66. The first-order valence-corrected chi connectivity index (χ1v) is 7.00. The van der Waals surface area contributed by atoms with Crippen molar-refractivity contribution in [2.24, 2.45) is 0 Å². The number of nitrogens with zero attached hydrogens (tertiary/aromatic N) is 2. The molecule has 0 aliphatic heterocycles. The Morgan fingerprint density at radius 3 is 2.55 bits per heavy atom. The van der Waals surface area contributed by atoms with E-state index in [2.05, 4.69) is 15.3 Å². The first kappa shape index (κ1) is 14.9. The average molecular weight is 311 g/mol. The highest BCUT2D eigenvalue weighted by atomic mass is 35.5. The van der Waals surface area contributed by atoms with Crippen LogP contribution in [0, 0.1) is 6.92 Å². The van der Waals surface area contributed by atoms with E-state index in [1.165, 1.54) is 0 Å². The minimum Gasteiger partial charge on any atom is -0.383 e. The third-order valence-electron chi connectivity index (χ3n) is 2.92. The number of hydrogen-bond acceptors (Lipinski definition) is 4. The van der Waals surface area contributed by atoms with Gasteiger partial charge in [-0.2, -0.15) is 0 Å². The highest BCUT2D eigenvalue weighted by Gasteiger charge is 2.13. The molecule has 0 aliphatic rings. The molecule has 3 N–H and O–H groups in total. The molecule has 1 aromatic carbocycles. The minimum atomic E-state index is 0.188. The number of nitrogen functional groups attached to an aromatic ring is 1. The minimum absolute atomic E-state index is 0.188. The number of aromatic nitrogens is 2. The van der Waals surface area contributed by atoms with Crippen LogP contribution in [0.1, 0.15) is 31.2 Å². The average Bonchev–Trinajstić information content (AvgIpc) is 2.39. The zero-order chi connectivity index (χ0) is 14.9. The van der Waals surface area contributed by atoms with Gasteiger partial charge in [0.05, 0.1) is 15.7 Å². The van der Waals surface area contributed by atoms with Crippen molar-refractivity contribution in [3.63, 3.8) is 0 Å². The van der Waals surface area contributed by atoms with Crippen molar-refractivity contribution in [1.29, 1.82) is 0 Å². The third kappa shape index (κ3) is 2.97. The second-order valence-electron chi connectivity index (χ2n) is 4.82.